The highest BCUT2D eigenvalue weighted by Gasteiger charge is 2.05. The van der Waals surface area contributed by atoms with Crippen LogP contribution in [0.4, 0.5) is 0 Å². The fourth-order valence-electron chi connectivity index (χ4n) is 1.03. The summed E-state index contributed by atoms with van der Waals surface area (Å²) in [4.78, 5) is 7.99. The zero-order valence-corrected chi connectivity index (χ0v) is 8.13. The molecule has 1 radical (unpaired) electrons. The molecule has 0 fully saturated rings. The van der Waals surface area contributed by atoms with Crippen molar-refractivity contribution in [2.75, 3.05) is 14.2 Å². The van der Waals surface area contributed by atoms with Crippen LogP contribution >= 0.6 is 0 Å². The molecule has 0 aliphatic rings. The van der Waals surface area contributed by atoms with E-state index in [1.807, 2.05) is 6.92 Å². The first-order chi connectivity index (χ1) is 6.29. The van der Waals surface area contributed by atoms with Gasteiger partial charge in [0.25, 0.3) is 0 Å². The topological polar surface area (TPSA) is 44.2 Å². The fourth-order valence-corrected chi connectivity index (χ4v) is 1.03. The summed E-state index contributed by atoms with van der Waals surface area (Å²) in [6.45, 7) is 2.93. The third-order valence-electron chi connectivity index (χ3n) is 1.80. The van der Waals surface area contributed by atoms with Gasteiger partial charge in [0.15, 0.2) is 6.33 Å². The highest BCUT2D eigenvalue weighted by molar-refractivity contribution is 5.21. The molecule has 0 aromatic carbocycles. The highest BCUT2D eigenvalue weighted by atomic mass is 16.5. The zero-order chi connectivity index (χ0) is 9.68. The Morgan fingerprint density at radius 2 is 1.54 bits per heavy atom. The summed E-state index contributed by atoms with van der Waals surface area (Å²) in [5.74, 6) is 0. The van der Waals surface area contributed by atoms with Crippen LogP contribution in [0.2, 0.25) is 0 Å². The van der Waals surface area contributed by atoms with Crippen molar-refractivity contribution in [3.63, 3.8) is 0 Å². The van der Waals surface area contributed by atoms with Gasteiger partial charge in [0.1, 0.15) is 0 Å². The van der Waals surface area contributed by atoms with Gasteiger partial charge in [-0.3, -0.25) is 0 Å². The van der Waals surface area contributed by atoms with E-state index in [9.17, 15) is 0 Å². The Balaban J connectivity index is 2.89. The Labute approximate surface area is 77.9 Å². The molecule has 0 bridgehead atoms. The molecule has 0 saturated carbocycles. The zero-order valence-electron chi connectivity index (χ0n) is 8.13. The molecule has 1 rings (SSSR count). The van der Waals surface area contributed by atoms with E-state index in [1.165, 1.54) is 0 Å². The average molecular weight is 181 g/mol. The van der Waals surface area contributed by atoms with Crippen LogP contribution in [0.15, 0.2) is 0 Å². The maximum atomic E-state index is 4.99. The molecular weight excluding hydrogens is 168 g/mol. The van der Waals surface area contributed by atoms with E-state index in [1.54, 1.807) is 14.2 Å². The van der Waals surface area contributed by atoms with Crippen LogP contribution in [0.5, 0.6) is 0 Å². The van der Waals surface area contributed by atoms with Gasteiger partial charge < -0.3 is 9.47 Å². The molecule has 1 aromatic rings. The molecule has 0 spiro atoms. The van der Waals surface area contributed by atoms with Crippen molar-refractivity contribution in [1.29, 1.82) is 0 Å². The number of methoxy groups -OCH3 is 2. The van der Waals surface area contributed by atoms with Crippen molar-refractivity contribution in [1.82, 2.24) is 9.97 Å². The van der Waals surface area contributed by atoms with Gasteiger partial charge in [-0.25, -0.2) is 9.97 Å². The fraction of sp³-hybridized carbons (Fsp3) is 0.556. The van der Waals surface area contributed by atoms with Gasteiger partial charge in [-0.1, -0.05) is 0 Å². The first-order valence-corrected chi connectivity index (χ1v) is 4.00. The second-order valence-corrected chi connectivity index (χ2v) is 2.71. The highest BCUT2D eigenvalue weighted by Crippen LogP contribution is 2.09. The summed E-state index contributed by atoms with van der Waals surface area (Å²) in [7, 11) is 3.27. The summed E-state index contributed by atoms with van der Waals surface area (Å²) < 4.78 is 9.98. The van der Waals surface area contributed by atoms with E-state index < -0.39 is 0 Å². The number of rotatable bonds is 4. The lowest BCUT2D eigenvalue weighted by atomic mass is 10.2. The standard InChI is InChI=1S/C9H13N2O2/c1-7-8(4-12-2)10-6-11-9(7)5-13-3/h4-5H2,1-3H3. The minimum Gasteiger partial charge on any atom is -0.378 e. The predicted octanol–water partition coefficient (Wildman–Crippen LogP) is 0.878. The molecule has 0 amide bonds. The van der Waals surface area contributed by atoms with E-state index in [4.69, 9.17) is 9.47 Å². The summed E-state index contributed by atoms with van der Waals surface area (Å²) >= 11 is 0. The minimum atomic E-state index is 0.488. The molecule has 1 aromatic heterocycles. The average Bonchev–Trinajstić information content (AvgIpc) is 2.13. The van der Waals surface area contributed by atoms with Crippen LogP contribution in [0.25, 0.3) is 0 Å². The second kappa shape index (κ2) is 4.89. The van der Waals surface area contributed by atoms with E-state index in [2.05, 4.69) is 16.3 Å². The molecule has 0 atom stereocenters. The maximum Gasteiger partial charge on any atom is 0.198 e. The van der Waals surface area contributed by atoms with Crippen LogP contribution in [0.1, 0.15) is 17.0 Å². The molecule has 0 aliphatic carbocycles. The second-order valence-electron chi connectivity index (χ2n) is 2.71. The van der Waals surface area contributed by atoms with Gasteiger partial charge in [-0.15, -0.1) is 0 Å². The number of nitrogens with zero attached hydrogens (tertiary/aromatic N) is 2. The van der Waals surface area contributed by atoms with Crippen molar-refractivity contribution in [3.05, 3.63) is 23.3 Å². The molecule has 0 aliphatic heterocycles. The van der Waals surface area contributed by atoms with Crippen LogP contribution in [0.3, 0.4) is 0 Å². The lowest BCUT2D eigenvalue weighted by Gasteiger charge is -2.06. The maximum absolute atomic E-state index is 4.99. The monoisotopic (exact) mass is 181 g/mol. The summed E-state index contributed by atoms with van der Waals surface area (Å²) in [5.41, 5.74) is 2.75. The lowest BCUT2D eigenvalue weighted by molar-refractivity contribution is 0.174. The number of hydrogen-bond donors (Lipinski definition) is 0. The van der Waals surface area contributed by atoms with Crippen molar-refractivity contribution < 1.29 is 9.47 Å². The quantitative estimate of drug-likeness (QED) is 0.691. The van der Waals surface area contributed by atoms with Gasteiger partial charge >= 0.3 is 0 Å². The normalized spacial score (nSPS) is 10.4. The van der Waals surface area contributed by atoms with E-state index in [-0.39, 0.29) is 0 Å². The predicted molar refractivity (Wildman–Crippen MR) is 47.0 cm³/mol. The van der Waals surface area contributed by atoms with Crippen molar-refractivity contribution in [2.24, 2.45) is 0 Å². The van der Waals surface area contributed by atoms with Gasteiger partial charge in [-0.05, 0) is 12.5 Å². The summed E-state index contributed by atoms with van der Waals surface area (Å²) in [6, 6.07) is 0. The number of ether oxygens (including phenoxy) is 2. The molecule has 0 N–H and O–H groups in total. The molecule has 71 valence electrons. The van der Waals surface area contributed by atoms with Crippen molar-refractivity contribution >= 4 is 0 Å². The SMILES string of the molecule is COCc1n[c]nc(COC)c1C. The summed E-state index contributed by atoms with van der Waals surface area (Å²) in [5, 5.41) is 0. The Kier molecular flexibility index (Phi) is 3.79. The minimum absolute atomic E-state index is 0.488. The van der Waals surface area contributed by atoms with Gasteiger partial charge in [-0.2, -0.15) is 0 Å². The first kappa shape index (κ1) is 10.1. The molecule has 13 heavy (non-hydrogen) atoms. The van der Waals surface area contributed by atoms with Crippen LogP contribution in [0, 0.1) is 13.3 Å². The molecule has 0 unspecified atom stereocenters. The number of hydrogen-bond acceptors (Lipinski definition) is 4. The third-order valence-corrected chi connectivity index (χ3v) is 1.80. The Morgan fingerprint density at radius 1 is 1.08 bits per heavy atom. The van der Waals surface area contributed by atoms with Gasteiger partial charge in [0.2, 0.25) is 0 Å². The molecule has 4 nitrogen and oxygen atoms in total. The van der Waals surface area contributed by atoms with E-state index in [0.717, 1.165) is 17.0 Å². The smallest absolute Gasteiger partial charge is 0.198 e. The molecule has 0 saturated heterocycles. The molecule has 1 heterocycles. The van der Waals surface area contributed by atoms with Crippen molar-refractivity contribution in [2.45, 2.75) is 20.1 Å². The van der Waals surface area contributed by atoms with E-state index in [0.29, 0.717) is 13.2 Å². The van der Waals surface area contributed by atoms with Gasteiger partial charge in [0.05, 0.1) is 24.6 Å². The third kappa shape index (κ3) is 2.47. The molecule has 4 heteroatoms. The van der Waals surface area contributed by atoms with Crippen LogP contribution in [-0.2, 0) is 22.7 Å². The summed E-state index contributed by atoms with van der Waals surface area (Å²) in [6.07, 6.45) is 2.58. The van der Waals surface area contributed by atoms with Crippen molar-refractivity contribution in [3.8, 4) is 0 Å². The largest absolute Gasteiger partial charge is 0.378 e. The van der Waals surface area contributed by atoms with Crippen LogP contribution in [-0.4, -0.2) is 24.2 Å². The van der Waals surface area contributed by atoms with Gasteiger partial charge in [0, 0.05) is 14.2 Å². The first-order valence-electron chi connectivity index (χ1n) is 4.00. The molecular formula is C9H13N2O2. The van der Waals surface area contributed by atoms with E-state index >= 15 is 0 Å². The Morgan fingerprint density at radius 3 is 1.92 bits per heavy atom. The Hall–Kier alpha value is -1.00. The number of aromatic nitrogens is 2. The lowest BCUT2D eigenvalue weighted by Crippen LogP contribution is -2.04. The Bertz CT molecular complexity index is 252. The van der Waals surface area contributed by atoms with Crippen LogP contribution < -0.4 is 0 Å².